The van der Waals surface area contributed by atoms with Gasteiger partial charge in [0, 0.05) is 6.54 Å². The molecule has 1 saturated carbocycles. The van der Waals surface area contributed by atoms with Gasteiger partial charge in [0.05, 0.1) is 12.0 Å². The van der Waals surface area contributed by atoms with Gasteiger partial charge in [0.2, 0.25) is 0 Å². The van der Waals surface area contributed by atoms with Crippen LogP contribution >= 0.6 is 0 Å². The Hall–Kier alpha value is -1.35. The van der Waals surface area contributed by atoms with Gasteiger partial charge in [-0.05, 0) is 57.2 Å². The maximum atomic E-state index is 12.9. The maximum Gasteiger partial charge on any atom is 0.316 e. The molecule has 1 aliphatic carbocycles. The molecule has 2 aliphatic rings. The molecule has 3 rings (SSSR count). The molecular weight excluding hydrogens is 322 g/mol. The molecule has 0 N–H and O–H groups in total. The fraction of sp³-hybridized carbons (Fsp3) is 0.696. The van der Waals surface area contributed by atoms with Crippen molar-refractivity contribution in [2.75, 3.05) is 26.2 Å². The zero-order valence-corrected chi connectivity index (χ0v) is 16.4. The Kier molecular flexibility index (Phi) is 7.13. The van der Waals surface area contributed by atoms with Gasteiger partial charge in [-0.2, -0.15) is 0 Å². The number of likely N-dealkylation sites (tertiary alicyclic amines) is 1. The first-order valence-electron chi connectivity index (χ1n) is 10.7. The fourth-order valence-corrected chi connectivity index (χ4v) is 4.84. The molecule has 1 aromatic rings. The van der Waals surface area contributed by atoms with Gasteiger partial charge in [-0.15, -0.1) is 0 Å². The third-order valence-electron chi connectivity index (χ3n) is 6.44. The van der Waals surface area contributed by atoms with Crippen LogP contribution in [0.4, 0.5) is 0 Å². The lowest BCUT2D eigenvalue weighted by molar-refractivity contribution is -0.152. The summed E-state index contributed by atoms with van der Waals surface area (Å²) in [5.74, 6) is 0.818. The highest BCUT2D eigenvalue weighted by Gasteiger charge is 2.44. The smallest absolute Gasteiger partial charge is 0.316 e. The average molecular weight is 358 g/mol. The molecule has 0 aromatic heterocycles. The van der Waals surface area contributed by atoms with Gasteiger partial charge < -0.3 is 9.64 Å². The van der Waals surface area contributed by atoms with E-state index < -0.39 is 5.41 Å². The van der Waals surface area contributed by atoms with E-state index in [1.165, 1.54) is 51.5 Å². The quantitative estimate of drug-likeness (QED) is 0.699. The summed E-state index contributed by atoms with van der Waals surface area (Å²) in [7, 11) is 0. The minimum absolute atomic E-state index is 0.0307. The highest BCUT2D eigenvalue weighted by molar-refractivity contribution is 5.83. The Bertz CT molecular complexity index is 541. The molecule has 26 heavy (non-hydrogen) atoms. The van der Waals surface area contributed by atoms with Crippen molar-refractivity contribution in [3.63, 3.8) is 0 Å². The Morgan fingerprint density at radius 3 is 2.27 bits per heavy atom. The van der Waals surface area contributed by atoms with Crippen molar-refractivity contribution in [1.29, 1.82) is 0 Å². The number of rotatable bonds is 5. The summed E-state index contributed by atoms with van der Waals surface area (Å²) in [6.07, 6.45) is 11.6. The zero-order valence-electron chi connectivity index (χ0n) is 16.4. The minimum atomic E-state index is -0.450. The Balaban J connectivity index is 1.64. The number of piperidine rings is 1. The number of ether oxygens (including phenoxy) is 1. The van der Waals surface area contributed by atoms with E-state index in [1.807, 2.05) is 25.1 Å². The number of carbonyl (C=O) groups excluding carboxylic acids is 1. The van der Waals surface area contributed by atoms with E-state index in [9.17, 15) is 4.79 Å². The lowest BCUT2D eigenvalue weighted by Crippen LogP contribution is -2.49. The van der Waals surface area contributed by atoms with Gasteiger partial charge in [-0.3, -0.25) is 4.79 Å². The highest BCUT2D eigenvalue weighted by atomic mass is 16.5. The predicted molar refractivity (Wildman–Crippen MR) is 106 cm³/mol. The normalized spacial score (nSPS) is 22.3. The van der Waals surface area contributed by atoms with Crippen LogP contribution in [-0.4, -0.2) is 37.1 Å². The Morgan fingerprint density at radius 2 is 1.65 bits per heavy atom. The molecule has 0 unspecified atom stereocenters. The van der Waals surface area contributed by atoms with Crippen LogP contribution in [0.5, 0.6) is 0 Å². The molecule has 3 heteroatoms. The first-order valence-corrected chi connectivity index (χ1v) is 10.7. The van der Waals surface area contributed by atoms with Crippen LogP contribution in [-0.2, 0) is 14.9 Å². The van der Waals surface area contributed by atoms with Crippen molar-refractivity contribution in [2.45, 2.75) is 70.1 Å². The summed E-state index contributed by atoms with van der Waals surface area (Å²) in [5.41, 5.74) is 0.679. The van der Waals surface area contributed by atoms with Gasteiger partial charge in [0.25, 0.3) is 0 Å². The zero-order chi connectivity index (χ0) is 18.2. The number of nitrogens with zero attached hydrogens (tertiary/aromatic N) is 1. The van der Waals surface area contributed by atoms with Gasteiger partial charge in [0.1, 0.15) is 0 Å². The van der Waals surface area contributed by atoms with Crippen molar-refractivity contribution in [1.82, 2.24) is 4.90 Å². The van der Waals surface area contributed by atoms with Crippen molar-refractivity contribution < 1.29 is 9.53 Å². The molecule has 1 aromatic carbocycles. The monoisotopic (exact) mass is 357 g/mol. The molecule has 0 bridgehead atoms. The summed E-state index contributed by atoms with van der Waals surface area (Å²) in [4.78, 5) is 15.5. The molecule has 1 heterocycles. The summed E-state index contributed by atoms with van der Waals surface area (Å²) in [6.45, 7) is 5.58. The first-order chi connectivity index (χ1) is 12.7. The van der Waals surface area contributed by atoms with Crippen LogP contribution in [0.15, 0.2) is 30.3 Å². The van der Waals surface area contributed by atoms with E-state index in [0.29, 0.717) is 6.61 Å². The standard InChI is InChI=1S/C23H35NO2/c1-2-26-22(25)23(21-13-9-6-10-14-21)15-17-24(18-16-23)19-20-11-7-4-3-5-8-12-20/h6,9-10,13-14,20H,2-5,7-8,11-12,15-19H2,1H3. The van der Waals surface area contributed by atoms with Gasteiger partial charge >= 0.3 is 5.97 Å². The molecule has 0 radical (unpaired) electrons. The Labute approximate surface area is 159 Å². The van der Waals surface area contributed by atoms with E-state index in [4.69, 9.17) is 4.74 Å². The summed E-state index contributed by atoms with van der Waals surface area (Å²) in [6, 6.07) is 10.3. The maximum absolute atomic E-state index is 12.9. The molecule has 144 valence electrons. The second kappa shape index (κ2) is 9.55. The Morgan fingerprint density at radius 1 is 1.04 bits per heavy atom. The fourth-order valence-electron chi connectivity index (χ4n) is 4.84. The van der Waals surface area contributed by atoms with E-state index in [-0.39, 0.29) is 5.97 Å². The molecule has 1 aliphatic heterocycles. The van der Waals surface area contributed by atoms with E-state index in [0.717, 1.165) is 37.4 Å². The molecule has 1 saturated heterocycles. The van der Waals surface area contributed by atoms with Crippen LogP contribution in [0.1, 0.15) is 70.3 Å². The van der Waals surface area contributed by atoms with E-state index in [1.54, 1.807) is 0 Å². The van der Waals surface area contributed by atoms with Gasteiger partial charge in [-0.1, -0.05) is 62.4 Å². The third kappa shape index (κ3) is 4.68. The van der Waals surface area contributed by atoms with Crippen molar-refractivity contribution in [3.05, 3.63) is 35.9 Å². The second-order valence-electron chi connectivity index (χ2n) is 8.18. The van der Waals surface area contributed by atoms with Crippen LogP contribution in [0.2, 0.25) is 0 Å². The highest BCUT2D eigenvalue weighted by Crippen LogP contribution is 2.37. The molecule has 0 spiro atoms. The molecule has 2 fully saturated rings. The van der Waals surface area contributed by atoms with Crippen LogP contribution in [0.25, 0.3) is 0 Å². The summed E-state index contributed by atoms with van der Waals surface area (Å²) < 4.78 is 5.50. The second-order valence-corrected chi connectivity index (χ2v) is 8.18. The average Bonchev–Trinajstić information content (AvgIpc) is 2.65. The van der Waals surface area contributed by atoms with Crippen LogP contribution in [0.3, 0.4) is 0 Å². The van der Waals surface area contributed by atoms with Crippen molar-refractivity contribution in [2.24, 2.45) is 5.92 Å². The third-order valence-corrected chi connectivity index (χ3v) is 6.44. The number of esters is 1. The summed E-state index contributed by atoms with van der Waals surface area (Å²) in [5, 5.41) is 0. The number of hydrogen-bond donors (Lipinski definition) is 0. The van der Waals surface area contributed by atoms with Crippen LogP contribution < -0.4 is 0 Å². The van der Waals surface area contributed by atoms with Gasteiger partial charge in [0.15, 0.2) is 0 Å². The van der Waals surface area contributed by atoms with E-state index >= 15 is 0 Å². The lowest BCUT2D eigenvalue weighted by Gasteiger charge is -2.41. The molecule has 3 nitrogen and oxygen atoms in total. The topological polar surface area (TPSA) is 29.5 Å². The van der Waals surface area contributed by atoms with Crippen LogP contribution in [0, 0.1) is 5.92 Å². The SMILES string of the molecule is CCOC(=O)C1(c2ccccc2)CCN(CC2CCCCCCC2)CC1. The minimum Gasteiger partial charge on any atom is -0.465 e. The predicted octanol–water partition coefficient (Wildman–Crippen LogP) is 4.94. The number of carbonyl (C=O) groups is 1. The first kappa shape index (κ1) is 19.4. The van der Waals surface area contributed by atoms with E-state index in [2.05, 4.69) is 17.0 Å². The number of benzene rings is 1. The lowest BCUT2D eigenvalue weighted by atomic mass is 9.72. The largest absolute Gasteiger partial charge is 0.465 e. The number of hydrogen-bond acceptors (Lipinski definition) is 3. The summed E-state index contributed by atoms with van der Waals surface area (Å²) >= 11 is 0. The van der Waals surface area contributed by atoms with Gasteiger partial charge in [-0.25, -0.2) is 0 Å². The molecule has 0 atom stereocenters. The molecule has 0 amide bonds. The molecular formula is C23H35NO2. The van der Waals surface area contributed by atoms with Crippen molar-refractivity contribution in [3.8, 4) is 0 Å². The van der Waals surface area contributed by atoms with Crippen molar-refractivity contribution >= 4 is 5.97 Å².